The predicted octanol–water partition coefficient (Wildman–Crippen LogP) is 1.01. The largest absolute Gasteiger partial charge is 0.394 e. The summed E-state index contributed by atoms with van der Waals surface area (Å²) in [7, 11) is 4.42. The average molecular weight is 271 g/mol. The van der Waals surface area contributed by atoms with Gasteiger partial charge >= 0.3 is 0 Å². The fourth-order valence-electron chi connectivity index (χ4n) is 2.86. The second-order valence-electron chi connectivity index (χ2n) is 6.51. The summed E-state index contributed by atoms with van der Waals surface area (Å²) in [5.41, 5.74) is -0.129. The quantitative estimate of drug-likeness (QED) is 0.691. The molecule has 0 aromatic heterocycles. The highest BCUT2D eigenvalue weighted by Crippen LogP contribution is 2.17. The first-order valence-corrected chi connectivity index (χ1v) is 7.72. The Bertz CT molecular complexity index is 242. The van der Waals surface area contributed by atoms with Gasteiger partial charge in [-0.1, -0.05) is 6.92 Å². The molecule has 0 saturated carbocycles. The lowest BCUT2D eigenvalue weighted by Gasteiger charge is -2.34. The van der Waals surface area contributed by atoms with Gasteiger partial charge in [0, 0.05) is 12.1 Å². The Morgan fingerprint density at radius 1 is 1.37 bits per heavy atom. The van der Waals surface area contributed by atoms with Gasteiger partial charge in [-0.2, -0.15) is 0 Å². The average Bonchev–Trinajstić information content (AvgIpc) is 2.40. The Morgan fingerprint density at radius 3 is 2.53 bits per heavy atom. The predicted molar refractivity (Wildman–Crippen MR) is 81.5 cm³/mol. The number of hydrogen-bond donors (Lipinski definition) is 2. The minimum Gasteiger partial charge on any atom is -0.394 e. The van der Waals surface area contributed by atoms with Gasteiger partial charge in [0.25, 0.3) is 0 Å². The molecule has 1 atom stereocenters. The second kappa shape index (κ2) is 8.20. The molecule has 1 aliphatic heterocycles. The highest BCUT2D eigenvalue weighted by Gasteiger charge is 2.23. The number of likely N-dealkylation sites (N-methyl/N-ethyl adjacent to an activating group) is 1. The third-order valence-electron chi connectivity index (χ3n) is 4.41. The Hall–Kier alpha value is -0.160. The molecule has 114 valence electrons. The molecule has 1 rings (SSSR count). The number of hydrogen-bond acceptors (Lipinski definition) is 4. The summed E-state index contributed by atoms with van der Waals surface area (Å²) in [6, 6.07) is 0. The first-order chi connectivity index (χ1) is 8.99. The number of nitrogens with one attached hydrogen (secondary N) is 1. The summed E-state index contributed by atoms with van der Waals surface area (Å²) in [4.78, 5) is 4.85. The van der Waals surface area contributed by atoms with E-state index in [4.69, 9.17) is 0 Å². The van der Waals surface area contributed by atoms with Crippen molar-refractivity contribution in [2.45, 2.75) is 38.6 Å². The minimum atomic E-state index is -0.129. The molecule has 1 saturated heterocycles. The van der Waals surface area contributed by atoms with Crippen molar-refractivity contribution in [3.8, 4) is 0 Å². The van der Waals surface area contributed by atoms with Crippen LogP contribution in [0.3, 0.4) is 0 Å². The fourth-order valence-corrected chi connectivity index (χ4v) is 2.86. The molecule has 0 aromatic carbocycles. The van der Waals surface area contributed by atoms with Crippen LogP contribution in [-0.2, 0) is 0 Å². The zero-order valence-corrected chi connectivity index (χ0v) is 13.3. The van der Waals surface area contributed by atoms with Crippen LogP contribution in [0.4, 0.5) is 0 Å². The van der Waals surface area contributed by atoms with Crippen LogP contribution in [0.25, 0.3) is 0 Å². The van der Waals surface area contributed by atoms with Crippen LogP contribution >= 0.6 is 0 Å². The summed E-state index contributed by atoms with van der Waals surface area (Å²) in [5, 5.41) is 12.9. The van der Waals surface area contributed by atoms with Crippen molar-refractivity contribution in [1.29, 1.82) is 0 Å². The highest BCUT2D eigenvalue weighted by atomic mass is 16.3. The maximum absolute atomic E-state index is 9.49. The van der Waals surface area contributed by atoms with E-state index in [-0.39, 0.29) is 12.1 Å². The molecular formula is C15H33N3O. The van der Waals surface area contributed by atoms with Crippen molar-refractivity contribution in [2.75, 3.05) is 53.4 Å². The van der Waals surface area contributed by atoms with Gasteiger partial charge < -0.3 is 20.2 Å². The van der Waals surface area contributed by atoms with Crippen LogP contribution < -0.4 is 5.32 Å². The molecule has 19 heavy (non-hydrogen) atoms. The lowest BCUT2D eigenvalue weighted by molar-refractivity contribution is 0.138. The fraction of sp³-hybridized carbons (Fsp3) is 1.00. The van der Waals surface area contributed by atoms with Crippen molar-refractivity contribution in [3.63, 3.8) is 0 Å². The SMILES string of the molecule is CCNC(C)(CO)CCN(C)CC1CCN(C)CC1. The van der Waals surface area contributed by atoms with E-state index < -0.39 is 0 Å². The zero-order valence-electron chi connectivity index (χ0n) is 13.3. The third-order valence-corrected chi connectivity index (χ3v) is 4.41. The number of aliphatic hydroxyl groups excluding tert-OH is 1. The summed E-state index contributed by atoms with van der Waals surface area (Å²) in [6.45, 7) is 10.1. The lowest BCUT2D eigenvalue weighted by atomic mass is 9.95. The molecular weight excluding hydrogens is 238 g/mol. The van der Waals surface area contributed by atoms with Gasteiger partial charge in [0.1, 0.15) is 0 Å². The van der Waals surface area contributed by atoms with Crippen LogP contribution in [0.15, 0.2) is 0 Å². The maximum Gasteiger partial charge on any atom is 0.0611 e. The van der Waals surface area contributed by atoms with E-state index in [2.05, 4.69) is 43.1 Å². The van der Waals surface area contributed by atoms with Crippen molar-refractivity contribution in [2.24, 2.45) is 5.92 Å². The van der Waals surface area contributed by atoms with Crippen LogP contribution in [0, 0.1) is 5.92 Å². The molecule has 0 amide bonds. The van der Waals surface area contributed by atoms with Gasteiger partial charge in [0.2, 0.25) is 0 Å². The van der Waals surface area contributed by atoms with E-state index in [0.717, 1.165) is 25.4 Å². The lowest BCUT2D eigenvalue weighted by Crippen LogP contribution is -2.48. The first kappa shape index (κ1) is 16.9. The second-order valence-corrected chi connectivity index (χ2v) is 6.51. The van der Waals surface area contributed by atoms with E-state index in [1.54, 1.807) is 0 Å². The normalized spacial score (nSPS) is 21.8. The molecule has 4 nitrogen and oxygen atoms in total. The number of likely N-dealkylation sites (tertiary alicyclic amines) is 1. The van der Waals surface area contributed by atoms with Gasteiger partial charge in [-0.3, -0.25) is 0 Å². The molecule has 1 fully saturated rings. The van der Waals surface area contributed by atoms with Crippen molar-refractivity contribution in [3.05, 3.63) is 0 Å². The van der Waals surface area contributed by atoms with Crippen LogP contribution in [0.5, 0.6) is 0 Å². The van der Waals surface area contributed by atoms with E-state index in [0.29, 0.717) is 0 Å². The van der Waals surface area contributed by atoms with E-state index in [1.807, 2.05) is 0 Å². The monoisotopic (exact) mass is 271 g/mol. The van der Waals surface area contributed by atoms with Gasteiger partial charge in [-0.25, -0.2) is 0 Å². The summed E-state index contributed by atoms with van der Waals surface area (Å²) in [5.74, 6) is 0.848. The summed E-state index contributed by atoms with van der Waals surface area (Å²) in [6.07, 6.45) is 3.65. The molecule has 0 spiro atoms. The minimum absolute atomic E-state index is 0.129. The van der Waals surface area contributed by atoms with Gasteiger partial charge in [-0.05, 0) is 72.4 Å². The number of rotatable bonds is 8. The number of nitrogens with zero attached hydrogens (tertiary/aromatic N) is 2. The Labute approximate surface area is 119 Å². The molecule has 0 aliphatic carbocycles. The highest BCUT2D eigenvalue weighted by molar-refractivity contribution is 4.83. The summed E-state index contributed by atoms with van der Waals surface area (Å²) < 4.78 is 0. The van der Waals surface area contributed by atoms with Crippen LogP contribution in [0.1, 0.15) is 33.1 Å². The standard InChI is InChI=1S/C15H33N3O/c1-5-16-15(2,13-19)8-11-18(4)12-14-6-9-17(3)10-7-14/h14,16,19H,5-13H2,1-4H3. The number of piperidine rings is 1. The Morgan fingerprint density at radius 2 is 2.00 bits per heavy atom. The molecule has 1 heterocycles. The van der Waals surface area contributed by atoms with Crippen LogP contribution in [0.2, 0.25) is 0 Å². The van der Waals surface area contributed by atoms with Gasteiger partial charge in [0.05, 0.1) is 6.61 Å². The van der Waals surface area contributed by atoms with Crippen molar-refractivity contribution in [1.82, 2.24) is 15.1 Å². The topological polar surface area (TPSA) is 38.7 Å². The Kier molecular flexibility index (Phi) is 7.29. The molecule has 0 bridgehead atoms. The van der Waals surface area contributed by atoms with Crippen LogP contribution in [-0.4, -0.2) is 73.9 Å². The first-order valence-electron chi connectivity index (χ1n) is 7.72. The third kappa shape index (κ3) is 6.21. The smallest absolute Gasteiger partial charge is 0.0611 e. The van der Waals surface area contributed by atoms with E-state index >= 15 is 0 Å². The Balaban J connectivity index is 2.25. The molecule has 0 aromatic rings. The molecule has 2 N–H and O–H groups in total. The number of aliphatic hydroxyl groups is 1. The van der Waals surface area contributed by atoms with E-state index in [1.165, 1.54) is 32.5 Å². The van der Waals surface area contributed by atoms with Crippen molar-refractivity contribution >= 4 is 0 Å². The van der Waals surface area contributed by atoms with Crippen molar-refractivity contribution < 1.29 is 5.11 Å². The zero-order chi connectivity index (χ0) is 14.3. The molecule has 1 aliphatic rings. The molecule has 1 unspecified atom stereocenters. The maximum atomic E-state index is 9.49. The van der Waals surface area contributed by atoms with E-state index in [9.17, 15) is 5.11 Å². The van der Waals surface area contributed by atoms with Gasteiger partial charge in [-0.15, -0.1) is 0 Å². The summed E-state index contributed by atoms with van der Waals surface area (Å²) >= 11 is 0. The molecule has 4 heteroatoms. The van der Waals surface area contributed by atoms with Gasteiger partial charge in [0.15, 0.2) is 0 Å². The molecule has 0 radical (unpaired) electrons.